The molecule has 0 unspecified atom stereocenters. The van der Waals surface area contributed by atoms with Gasteiger partial charge in [-0.05, 0) is 50.2 Å². The molecule has 1 aliphatic rings. The van der Waals surface area contributed by atoms with Crippen molar-refractivity contribution < 1.29 is 24.9 Å². The van der Waals surface area contributed by atoms with E-state index in [-0.39, 0.29) is 5.97 Å². The molecule has 174 valence electrons. The molecular weight excluding hydrogens is 392 g/mol. The van der Waals surface area contributed by atoms with E-state index in [1.54, 1.807) is 6.08 Å². The van der Waals surface area contributed by atoms with Crippen molar-refractivity contribution in [3.63, 3.8) is 0 Å². The minimum Gasteiger partial charge on any atom is -0.466 e. The van der Waals surface area contributed by atoms with Gasteiger partial charge >= 0.3 is 5.97 Å². The zero-order valence-corrected chi connectivity index (χ0v) is 19.1. The number of aliphatic hydroxyl groups is 3. The summed E-state index contributed by atoms with van der Waals surface area (Å²) in [6.45, 7) is 4.34. The maximum Gasteiger partial charge on any atom is 0.305 e. The van der Waals surface area contributed by atoms with E-state index in [2.05, 4.69) is 19.1 Å². The minimum absolute atomic E-state index is 0.175. The molecule has 2 rings (SSSR count). The molecule has 5 heteroatoms. The van der Waals surface area contributed by atoms with Crippen LogP contribution in [0.25, 0.3) is 0 Å². The number of rotatable bonds is 13. The summed E-state index contributed by atoms with van der Waals surface area (Å²) in [5.41, 5.74) is 1.67. The molecule has 0 bridgehead atoms. The van der Waals surface area contributed by atoms with Crippen molar-refractivity contribution in [2.24, 2.45) is 5.41 Å². The number of unbranched alkanes of at least 4 members (excludes halogenated alkanes) is 2. The minimum atomic E-state index is -0.658. The van der Waals surface area contributed by atoms with Gasteiger partial charge in [0.1, 0.15) is 0 Å². The number of aryl methyl sites for hydroxylation is 1. The SMILES string of the molecule is CCCCC[C@H](O)/C=C/[C@]1(Cc2ccccc2CCCC(=O)OCC)C[C@H](O)C[C@H]1O. The zero-order chi connectivity index (χ0) is 22.7. The summed E-state index contributed by atoms with van der Waals surface area (Å²) < 4.78 is 5.02. The first kappa shape index (κ1) is 25.6. The largest absolute Gasteiger partial charge is 0.466 e. The lowest BCUT2D eigenvalue weighted by molar-refractivity contribution is -0.143. The van der Waals surface area contributed by atoms with Gasteiger partial charge in [0.2, 0.25) is 0 Å². The first-order valence-electron chi connectivity index (χ1n) is 11.9. The van der Waals surface area contributed by atoms with E-state index in [9.17, 15) is 20.1 Å². The van der Waals surface area contributed by atoms with Crippen LogP contribution in [0, 0.1) is 5.41 Å². The maximum absolute atomic E-state index is 11.7. The smallest absolute Gasteiger partial charge is 0.305 e. The highest BCUT2D eigenvalue weighted by molar-refractivity contribution is 5.69. The molecule has 0 spiro atoms. The summed E-state index contributed by atoms with van der Waals surface area (Å²) in [6, 6.07) is 8.10. The van der Waals surface area contributed by atoms with Crippen LogP contribution in [0.2, 0.25) is 0 Å². The Kier molecular flexibility index (Phi) is 10.7. The summed E-state index contributed by atoms with van der Waals surface area (Å²) in [5.74, 6) is -0.175. The highest BCUT2D eigenvalue weighted by atomic mass is 16.5. The second kappa shape index (κ2) is 13.0. The number of carbonyl (C=O) groups excluding carboxylic acids is 1. The van der Waals surface area contributed by atoms with Gasteiger partial charge in [-0.25, -0.2) is 0 Å². The molecule has 0 aromatic heterocycles. The lowest BCUT2D eigenvalue weighted by Crippen LogP contribution is -2.31. The lowest BCUT2D eigenvalue weighted by atomic mass is 9.76. The van der Waals surface area contributed by atoms with Crippen molar-refractivity contribution >= 4 is 5.97 Å². The highest BCUT2D eigenvalue weighted by Crippen LogP contribution is 2.43. The van der Waals surface area contributed by atoms with Crippen molar-refractivity contribution in [1.29, 1.82) is 0 Å². The van der Waals surface area contributed by atoms with Crippen LogP contribution < -0.4 is 0 Å². The summed E-state index contributed by atoms with van der Waals surface area (Å²) in [6.07, 6.45) is 9.17. The fourth-order valence-electron chi connectivity index (χ4n) is 4.57. The van der Waals surface area contributed by atoms with E-state index in [0.717, 1.165) is 36.8 Å². The molecule has 0 saturated heterocycles. The van der Waals surface area contributed by atoms with Gasteiger partial charge in [-0.15, -0.1) is 0 Å². The van der Waals surface area contributed by atoms with Crippen LogP contribution >= 0.6 is 0 Å². The molecule has 31 heavy (non-hydrogen) atoms. The van der Waals surface area contributed by atoms with E-state index < -0.39 is 23.7 Å². The Morgan fingerprint density at radius 2 is 1.94 bits per heavy atom. The molecule has 4 atom stereocenters. The van der Waals surface area contributed by atoms with Gasteiger partial charge < -0.3 is 20.1 Å². The Bertz CT molecular complexity index is 701. The van der Waals surface area contributed by atoms with Gasteiger partial charge in [0.15, 0.2) is 0 Å². The standard InChI is InChI=1S/C26H40O5/c1-3-5-6-13-22(27)15-16-26(19-23(28)17-24(26)29)18-21-11-8-7-10-20(21)12-9-14-25(30)31-4-2/h7-8,10-11,15-16,22-24,27-29H,3-6,9,12-14,17-19H2,1-2H3/b16-15+/t22-,23+,24+,26-/m0/s1. The normalized spacial score (nSPS) is 24.5. The molecule has 3 N–H and O–H groups in total. The number of aliphatic hydroxyl groups excluding tert-OH is 3. The second-order valence-corrected chi connectivity index (χ2v) is 8.87. The number of esters is 1. The number of hydrogen-bond acceptors (Lipinski definition) is 5. The third kappa shape index (κ3) is 8.06. The molecule has 0 heterocycles. The predicted molar refractivity (Wildman–Crippen MR) is 123 cm³/mol. The molecule has 1 fully saturated rings. The average molecular weight is 433 g/mol. The topological polar surface area (TPSA) is 87.0 Å². The third-order valence-electron chi connectivity index (χ3n) is 6.30. The summed E-state index contributed by atoms with van der Waals surface area (Å²) in [7, 11) is 0. The van der Waals surface area contributed by atoms with Gasteiger partial charge in [-0.3, -0.25) is 4.79 Å². The monoisotopic (exact) mass is 432 g/mol. The Morgan fingerprint density at radius 1 is 1.19 bits per heavy atom. The van der Waals surface area contributed by atoms with E-state index in [4.69, 9.17) is 4.74 Å². The molecular formula is C26H40O5. The van der Waals surface area contributed by atoms with E-state index in [1.807, 2.05) is 25.1 Å². The van der Waals surface area contributed by atoms with Gasteiger partial charge in [0, 0.05) is 18.3 Å². The van der Waals surface area contributed by atoms with E-state index >= 15 is 0 Å². The third-order valence-corrected chi connectivity index (χ3v) is 6.30. The van der Waals surface area contributed by atoms with Crippen LogP contribution in [-0.2, 0) is 22.4 Å². The molecule has 5 nitrogen and oxygen atoms in total. The van der Waals surface area contributed by atoms with Crippen molar-refractivity contribution in [2.75, 3.05) is 6.61 Å². The first-order chi connectivity index (χ1) is 14.9. The Labute approximate surface area is 187 Å². The van der Waals surface area contributed by atoms with Gasteiger partial charge in [0.05, 0.1) is 24.9 Å². The van der Waals surface area contributed by atoms with Crippen molar-refractivity contribution in [2.45, 2.75) is 96.4 Å². The summed E-state index contributed by atoms with van der Waals surface area (Å²) in [4.78, 5) is 11.7. The summed E-state index contributed by atoms with van der Waals surface area (Å²) in [5, 5.41) is 31.5. The van der Waals surface area contributed by atoms with Crippen LogP contribution in [0.1, 0.15) is 76.3 Å². The molecule has 1 aromatic carbocycles. The molecule has 1 saturated carbocycles. The number of ether oxygens (including phenoxy) is 1. The van der Waals surface area contributed by atoms with Crippen molar-refractivity contribution in [3.05, 3.63) is 47.5 Å². The molecule has 0 amide bonds. The summed E-state index contributed by atoms with van der Waals surface area (Å²) >= 11 is 0. The molecule has 1 aliphatic carbocycles. The van der Waals surface area contributed by atoms with Gasteiger partial charge in [-0.1, -0.05) is 62.6 Å². The Hall–Kier alpha value is -1.69. The van der Waals surface area contributed by atoms with E-state index in [0.29, 0.717) is 45.1 Å². The van der Waals surface area contributed by atoms with Crippen LogP contribution in [0.3, 0.4) is 0 Å². The van der Waals surface area contributed by atoms with Crippen LogP contribution in [0.5, 0.6) is 0 Å². The number of benzene rings is 1. The van der Waals surface area contributed by atoms with Gasteiger partial charge in [-0.2, -0.15) is 0 Å². The lowest BCUT2D eigenvalue weighted by Gasteiger charge is -2.31. The molecule has 0 radical (unpaired) electrons. The van der Waals surface area contributed by atoms with Crippen molar-refractivity contribution in [3.8, 4) is 0 Å². The van der Waals surface area contributed by atoms with Crippen molar-refractivity contribution in [1.82, 2.24) is 0 Å². The van der Waals surface area contributed by atoms with Crippen LogP contribution in [0.15, 0.2) is 36.4 Å². The van der Waals surface area contributed by atoms with E-state index in [1.165, 1.54) is 0 Å². The van der Waals surface area contributed by atoms with Gasteiger partial charge in [0.25, 0.3) is 0 Å². The number of carbonyl (C=O) groups is 1. The predicted octanol–water partition coefficient (Wildman–Crippen LogP) is 4.11. The Morgan fingerprint density at radius 3 is 2.58 bits per heavy atom. The Balaban J connectivity index is 2.12. The fourth-order valence-corrected chi connectivity index (χ4v) is 4.57. The highest BCUT2D eigenvalue weighted by Gasteiger charge is 2.44. The second-order valence-electron chi connectivity index (χ2n) is 8.87. The number of hydrogen-bond donors (Lipinski definition) is 3. The quantitative estimate of drug-likeness (QED) is 0.248. The fraction of sp³-hybridized carbons (Fsp3) is 0.654. The average Bonchev–Trinajstić information content (AvgIpc) is 3.01. The maximum atomic E-state index is 11.7. The molecule has 0 aliphatic heterocycles. The van der Waals surface area contributed by atoms with Crippen LogP contribution in [0.4, 0.5) is 0 Å². The first-order valence-corrected chi connectivity index (χ1v) is 11.9. The van der Waals surface area contributed by atoms with Crippen LogP contribution in [-0.4, -0.2) is 46.2 Å². The zero-order valence-electron chi connectivity index (χ0n) is 19.1. The molecule has 1 aromatic rings.